The summed E-state index contributed by atoms with van der Waals surface area (Å²) in [7, 11) is 2.14. The minimum absolute atomic E-state index is 0.170. The second-order valence-corrected chi connectivity index (χ2v) is 6.02. The molecule has 1 heterocycles. The largest absolute Gasteiger partial charge is 0.293 e. The number of hydrogen-bond donors (Lipinski definition) is 0. The first-order valence-electron chi connectivity index (χ1n) is 7.51. The van der Waals surface area contributed by atoms with Crippen LogP contribution in [0.5, 0.6) is 0 Å². The highest BCUT2D eigenvalue weighted by Crippen LogP contribution is 2.44. The normalized spacial score (nSPS) is 16.2. The number of hydrogen-bond acceptors (Lipinski definition) is 2. The van der Waals surface area contributed by atoms with Crippen LogP contribution in [0, 0.1) is 18.7 Å². The summed E-state index contributed by atoms with van der Waals surface area (Å²) in [6, 6.07) is 11.4. The smallest absolute Gasteiger partial charge is 0.123 e. The molecule has 110 valence electrons. The van der Waals surface area contributed by atoms with Gasteiger partial charge >= 0.3 is 0 Å². The van der Waals surface area contributed by atoms with Crippen molar-refractivity contribution >= 4 is 0 Å². The van der Waals surface area contributed by atoms with Gasteiger partial charge in [0.25, 0.3) is 0 Å². The van der Waals surface area contributed by atoms with Gasteiger partial charge in [0.05, 0.1) is 5.69 Å². The van der Waals surface area contributed by atoms with Crippen LogP contribution in [0.25, 0.3) is 0 Å². The molecule has 1 aromatic heterocycles. The fraction of sp³-hybridized carbons (Fsp3) is 0.389. The van der Waals surface area contributed by atoms with Crippen molar-refractivity contribution in [2.24, 2.45) is 5.92 Å². The van der Waals surface area contributed by atoms with Crippen LogP contribution in [0.2, 0.25) is 0 Å². The lowest BCUT2D eigenvalue weighted by molar-refractivity contribution is 0.209. The Kier molecular flexibility index (Phi) is 4.02. The van der Waals surface area contributed by atoms with Crippen molar-refractivity contribution in [2.45, 2.75) is 32.4 Å². The van der Waals surface area contributed by atoms with E-state index in [1.807, 2.05) is 24.4 Å². The van der Waals surface area contributed by atoms with E-state index in [0.717, 1.165) is 12.2 Å². The molecular formula is C18H21FN2. The van der Waals surface area contributed by atoms with Crippen LogP contribution < -0.4 is 0 Å². The van der Waals surface area contributed by atoms with Gasteiger partial charge in [-0.2, -0.15) is 0 Å². The first kappa shape index (κ1) is 14.2. The molecular weight excluding hydrogens is 263 g/mol. The van der Waals surface area contributed by atoms with E-state index in [1.165, 1.54) is 24.0 Å². The quantitative estimate of drug-likeness (QED) is 0.821. The van der Waals surface area contributed by atoms with E-state index in [-0.39, 0.29) is 5.82 Å². The third kappa shape index (κ3) is 3.30. The Morgan fingerprint density at radius 2 is 1.95 bits per heavy atom. The van der Waals surface area contributed by atoms with Crippen molar-refractivity contribution in [1.82, 2.24) is 9.88 Å². The molecule has 2 aromatic rings. The van der Waals surface area contributed by atoms with Crippen molar-refractivity contribution in [3.05, 3.63) is 65.2 Å². The summed E-state index contributed by atoms with van der Waals surface area (Å²) in [6.45, 7) is 2.92. The maximum atomic E-state index is 13.1. The number of rotatable bonds is 5. The number of aromatic nitrogens is 1. The zero-order valence-electron chi connectivity index (χ0n) is 12.6. The summed E-state index contributed by atoms with van der Waals surface area (Å²) >= 11 is 0. The lowest BCUT2D eigenvalue weighted by Gasteiger charge is -2.29. The Hall–Kier alpha value is -1.74. The maximum Gasteiger partial charge on any atom is 0.123 e. The van der Waals surface area contributed by atoms with Crippen LogP contribution in [0.3, 0.4) is 0 Å². The Balaban J connectivity index is 1.81. The van der Waals surface area contributed by atoms with Crippen LogP contribution in [0.4, 0.5) is 4.39 Å². The van der Waals surface area contributed by atoms with Gasteiger partial charge in [0, 0.05) is 18.8 Å². The summed E-state index contributed by atoms with van der Waals surface area (Å²) < 4.78 is 13.1. The molecule has 1 atom stereocenters. The molecule has 1 fully saturated rings. The minimum Gasteiger partial charge on any atom is -0.293 e. The van der Waals surface area contributed by atoms with Gasteiger partial charge in [-0.1, -0.05) is 18.2 Å². The molecule has 3 rings (SSSR count). The molecule has 0 radical (unpaired) electrons. The number of halogens is 1. The molecule has 3 heteroatoms. The molecule has 1 aliphatic rings. The number of pyridine rings is 1. The fourth-order valence-electron chi connectivity index (χ4n) is 2.98. The van der Waals surface area contributed by atoms with Crippen molar-refractivity contribution in [2.75, 3.05) is 7.05 Å². The minimum atomic E-state index is -0.170. The second-order valence-electron chi connectivity index (χ2n) is 6.02. The van der Waals surface area contributed by atoms with Crippen LogP contribution in [-0.4, -0.2) is 16.9 Å². The van der Waals surface area contributed by atoms with E-state index < -0.39 is 0 Å². The summed E-state index contributed by atoms with van der Waals surface area (Å²) in [6.07, 6.45) is 4.36. The highest BCUT2D eigenvalue weighted by atomic mass is 19.1. The van der Waals surface area contributed by atoms with Crippen molar-refractivity contribution in [3.8, 4) is 0 Å². The SMILES string of the molecule is Cc1cccnc1CN(C)C(c1ccc(F)cc1)C1CC1. The fourth-order valence-corrected chi connectivity index (χ4v) is 2.98. The van der Waals surface area contributed by atoms with E-state index in [4.69, 9.17) is 0 Å². The van der Waals surface area contributed by atoms with Gasteiger partial charge in [0.15, 0.2) is 0 Å². The summed E-state index contributed by atoms with van der Waals surface area (Å²) in [5, 5.41) is 0. The molecule has 21 heavy (non-hydrogen) atoms. The lowest BCUT2D eigenvalue weighted by atomic mass is 10.0. The topological polar surface area (TPSA) is 16.1 Å². The predicted octanol–water partition coefficient (Wildman–Crippen LogP) is 4.11. The average molecular weight is 284 g/mol. The zero-order chi connectivity index (χ0) is 14.8. The third-order valence-electron chi connectivity index (χ3n) is 4.27. The van der Waals surface area contributed by atoms with E-state index in [9.17, 15) is 4.39 Å². The molecule has 0 saturated heterocycles. The molecule has 1 aliphatic carbocycles. The molecule has 2 nitrogen and oxygen atoms in total. The standard InChI is InChI=1S/C18H21FN2/c1-13-4-3-11-20-17(13)12-21(2)18(14-5-6-14)15-7-9-16(19)10-8-15/h3-4,7-11,14,18H,5-6,12H2,1-2H3. The molecule has 1 unspecified atom stereocenters. The Bertz CT molecular complexity index is 605. The monoisotopic (exact) mass is 284 g/mol. The van der Waals surface area contributed by atoms with Crippen molar-refractivity contribution in [1.29, 1.82) is 0 Å². The Labute approximate surface area is 125 Å². The van der Waals surface area contributed by atoms with Crippen LogP contribution in [0.1, 0.15) is 35.7 Å². The molecule has 1 saturated carbocycles. The van der Waals surface area contributed by atoms with Gasteiger partial charge in [0.1, 0.15) is 5.82 Å². The number of benzene rings is 1. The van der Waals surface area contributed by atoms with E-state index in [1.54, 1.807) is 12.1 Å². The van der Waals surface area contributed by atoms with Gasteiger partial charge in [-0.3, -0.25) is 9.88 Å². The summed E-state index contributed by atoms with van der Waals surface area (Å²) in [5.41, 5.74) is 3.54. The van der Waals surface area contributed by atoms with Crippen molar-refractivity contribution in [3.63, 3.8) is 0 Å². The van der Waals surface area contributed by atoms with Crippen LogP contribution in [0.15, 0.2) is 42.6 Å². The molecule has 0 amide bonds. The maximum absolute atomic E-state index is 13.1. The molecule has 0 N–H and O–H groups in total. The Morgan fingerprint density at radius 3 is 2.57 bits per heavy atom. The van der Waals surface area contributed by atoms with Gasteiger partial charge in [-0.15, -0.1) is 0 Å². The van der Waals surface area contributed by atoms with Gasteiger partial charge in [0.2, 0.25) is 0 Å². The second kappa shape index (κ2) is 5.94. The molecule has 0 aliphatic heterocycles. The van der Waals surface area contributed by atoms with Gasteiger partial charge in [-0.05, 0) is 62.1 Å². The van der Waals surface area contributed by atoms with Crippen LogP contribution in [-0.2, 0) is 6.54 Å². The number of nitrogens with zero attached hydrogens (tertiary/aromatic N) is 2. The zero-order valence-corrected chi connectivity index (χ0v) is 12.6. The van der Waals surface area contributed by atoms with Gasteiger partial charge < -0.3 is 0 Å². The predicted molar refractivity (Wildman–Crippen MR) is 82.3 cm³/mol. The van der Waals surface area contributed by atoms with Crippen molar-refractivity contribution < 1.29 is 4.39 Å². The highest BCUT2D eigenvalue weighted by Gasteiger charge is 2.35. The number of aryl methyl sites for hydroxylation is 1. The van der Waals surface area contributed by atoms with E-state index in [0.29, 0.717) is 12.0 Å². The molecule has 0 spiro atoms. The van der Waals surface area contributed by atoms with Crippen LogP contribution >= 0.6 is 0 Å². The average Bonchev–Trinajstić information content (AvgIpc) is 3.29. The molecule has 0 bridgehead atoms. The first-order valence-corrected chi connectivity index (χ1v) is 7.51. The lowest BCUT2D eigenvalue weighted by Crippen LogP contribution is -2.26. The Morgan fingerprint density at radius 1 is 1.24 bits per heavy atom. The van der Waals surface area contributed by atoms with E-state index >= 15 is 0 Å². The third-order valence-corrected chi connectivity index (χ3v) is 4.27. The summed E-state index contributed by atoms with van der Waals surface area (Å²) in [4.78, 5) is 6.83. The molecule has 1 aromatic carbocycles. The van der Waals surface area contributed by atoms with E-state index in [2.05, 4.69) is 29.9 Å². The summed E-state index contributed by atoms with van der Waals surface area (Å²) in [5.74, 6) is 0.515. The highest BCUT2D eigenvalue weighted by molar-refractivity contribution is 5.23. The van der Waals surface area contributed by atoms with Gasteiger partial charge in [-0.25, -0.2) is 4.39 Å². The first-order chi connectivity index (χ1) is 10.1.